The Hall–Kier alpha value is -3.42. The first kappa shape index (κ1) is 20.5. The lowest BCUT2D eigenvalue weighted by Gasteiger charge is -2.20. The number of amides is 1. The molecule has 1 N–H and O–H groups in total. The summed E-state index contributed by atoms with van der Waals surface area (Å²) in [6.45, 7) is 3.75. The predicted molar refractivity (Wildman–Crippen MR) is 124 cm³/mol. The highest BCUT2D eigenvalue weighted by Crippen LogP contribution is 2.44. The highest BCUT2D eigenvalue weighted by atomic mass is 35.5. The standard InChI is InChI=1S/C24H17ClN2O4S/c1-12-3-9-16-18(11-12)32-24(26-16)27-20(17-10-4-13(2)31-17)19(22(29)23(27)30)21(28)14-5-7-15(25)8-6-14/h3-11,20,28H,1-2H3. The minimum Gasteiger partial charge on any atom is -0.507 e. The van der Waals surface area contributed by atoms with Gasteiger partial charge in [0.05, 0.1) is 15.8 Å². The van der Waals surface area contributed by atoms with Gasteiger partial charge in [0.15, 0.2) is 5.13 Å². The number of fused-ring (bicyclic) bond motifs is 1. The summed E-state index contributed by atoms with van der Waals surface area (Å²) in [7, 11) is 0. The molecule has 0 aliphatic carbocycles. The van der Waals surface area contributed by atoms with Gasteiger partial charge in [-0.2, -0.15) is 0 Å². The van der Waals surface area contributed by atoms with E-state index in [4.69, 9.17) is 16.0 Å². The lowest BCUT2D eigenvalue weighted by molar-refractivity contribution is -0.132. The molecular formula is C24H17ClN2O4S. The van der Waals surface area contributed by atoms with Gasteiger partial charge in [0.2, 0.25) is 0 Å². The summed E-state index contributed by atoms with van der Waals surface area (Å²) < 4.78 is 6.71. The summed E-state index contributed by atoms with van der Waals surface area (Å²) >= 11 is 7.27. The zero-order valence-electron chi connectivity index (χ0n) is 17.1. The molecule has 1 atom stereocenters. The average molecular weight is 465 g/mol. The van der Waals surface area contributed by atoms with Crippen LogP contribution in [0.25, 0.3) is 16.0 Å². The van der Waals surface area contributed by atoms with Gasteiger partial charge in [-0.1, -0.05) is 29.0 Å². The predicted octanol–water partition coefficient (Wildman–Crippen LogP) is 5.79. The third-order valence-electron chi connectivity index (χ3n) is 5.33. The largest absolute Gasteiger partial charge is 0.507 e. The number of benzene rings is 2. The first-order valence-electron chi connectivity index (χ1n) is 9.84. The first-order valence-corrected chi connectivity index (χ1v) is 11.0. The lowest BCUT2D eigenvalue weighted by atomic mass is 9.99. The topological polar surface area (TPSA) is 83.6 Å². The summed E-state index contributed by atoms with van der Waals surface area (Å²) in [4.78, 5) is 32.2. The van der Waals surface area contributed by atoms with Crippen LogP contribution in [0.1, 0.15) is 28.7 Å². The van der Waals surface area contributed by atoms with E-state index in [-0.39, 0.29) is 11.3 Å². The second-order valence-electron chi connectivity index (χ2n) is 7.59. The highest BCUT2D eigenvalue weighted by Gasteiger charge is 2.49. The summed E-state index contributed by atoms with van der Waals surface area (Å²) in [5, 5.41) is 11.9. The minimum absolute atomic E-state index is 0.0536. The molecule has 5 rings (SSSR count). The highest BCUT2D eigenvalue weighted by molar-refractivity contribution is 7.22. The molecule has 1 amide bonds. The van der Waals surface area contributed by atoms with Crippen molar-refractivity contribution in [3.05, 3.63) is 87.8 Å². The summed E-state index contributed by atoms with van der Waals surface area (Å²) in [5.74, 6) is -0.870. The number of aliphatic hydroxyl groups is 1. The number of Topliss-reactive ketones (excluding diaryl/α,β-unsaturated/α-hetero) is 1. The Morgan fingerprint density at radius 3 is 2.53 bits per heavy atom. The molecule has 0 radical (unpaired) electrons. The molecule has 0 bridgehead atoms. The van der Waals surface area contributed by atoms with E-state index in [0.29, 0.717) is 27.2 Å². The van der Waals surface area contributed by atoms with Crippen LogP contribution in [0.5, 0.6) is 0 Å². The van der Waals surface area contributed by atoms with Gasteiger partial charge in [0.1, 0.15) is 23.3 Å². The number of aliphatic hydroxyl groups excluding tert-OH is 1. The molecule has 1 saturated heterocycles. The number of aromatic nitrogens is 1. The SMILES string of the molecule is Cc1ccc2nc(N3C(=O)C(=O)C(=C(O)c4ccc(Cl)cc4)C3c3ccc(C)o3)sc2c1. The third-order valence-corrected chi connectivity index (χ3v) is 6.60. The molecule has 3 heterocycles. The Labute approximate surface area is 192 Å². The van der Waals surface area contributed by atoms with E-state index in [2.05, 4.69) is 4.98 Å². The fourth-order valence-electron chi connectivity index (χ4n) is 3.79. The molecule has 0 saturated carbocycles. The smallest absolute Gasteiger partial charge is 0.302 e. The number of anilines is 1. The Bertz CT molecular complexity index is 1420. The van der Waals surface area contributed by atoms with Crippen molar-refractivity contribution in [1.29, 1.82) is 0 Å². The van der Waals surface area contributed by atoms with Gasteiger partial charge in [0.25, 0.3) is 5.78 Å². The number of hydrogen-bond acceptors (Lipinski definition) is 6. The van der Waals surface area contributed by atoms with E-state index in [9.17, 15) is 14.7 Å². The van der Waals surface area contributed by atoms with Gasteiger partial charge in [0, 0.05) is 10.6 Å². The molecule has 2 aromatic carbocycles. The maximum absolute atomic E-state index is 13.2. The van der Waals surface area contributed by atoms with Gasteiger partial charge in [-0.15, -0.1) is 0 Å². The van der Waals surface area contributed by atoms with Crippen LogP contribution < -0.4 is 4.90 Å². The zero-order chi connectivity index (χ0) is 22.6. The van der Waals surface area contributed by atoms with Crippen LogP contribution in [-0.2, 0) is 9.59 Å². The number of aryl methyl sites for hydroxylation is 2. The number of hydrogen-bond donors (Lipinski definition) is 1. The van der Waals surface area contributed by atoms with Crippen LogP contribution >= 0.6 is 22.9 Å². The average Bonchev–Trinajstić information content (AvgIpc) is 3.44. The molecule has 1 unspecified atom stereocenters. The molecule has 6 nitrogen and oxygen atoms in total. The van der Waals surface area contributed by atoms with E-state index in [0.717, 1.165) is 15.8 Å². The molecule has 1 fully saturated rings. The number of halogens is 1. The molecule has 8 heteroatoms. The molecule has 32 heavy (non-hydrogen) atoms. The number of thiazole rings is 1. The van der Waals surface area contributed by atoms with Crippen LogP contribution in [0.2, 0.25) is 5.02 Å². The Morgan fingerprint density at radius 2 is 1.84 bits per heavy atom. The molecule has 4 aromatic rings. The van der Waals surface area contributed by atoms with E-state index < -0.39 is 17.7 Å². The number of nitrogens with zero attached hydrogens (tertiary/aromatic N) is 2. The minimum atomic E-state index is -0.943. The van der Waals surface area contributed by atoms with Crippen LogP contribution in [0.15, 0.2) is 64.6 Å². The quantitative estimate of drug-likeness (QED) is 0.236. The van der Waals surface area contributed by atoms with Crippen LogP contribution in [0.3, 0.4) is 0 Å². The Morgan fingerprint density at radius 1 is 1.09 bits per heavy atom. The lowest BCUT2D eigenvalue weighted by Crippen LogP contribution is -2.29. The second-order valence-corrected chi connectivity index (χ2v) is 9.04. The van der Waals surface area contributed by atoms with Gasteiger partial charge < -0.3 is 9.52 Å². The van der Waals surface area contributed by atoms with Crippen molar-refractivity contribution < 1.29 is 19.1 Å². The monoisotopic (exact) mass is 464 g/mol. The molecule has 2 aromatic heterocycles. The number of furan rings is 1. The van der Waals surface area contributed by atoms with Crippen molar-refractivity contribution in [3.8, 4) is 0 Å². The summed E-state index contributed by atoms with van der Waals surface area (Å²) in [6.07, 6.45) is 0. The van der Waals surface area contributed by atoms with Crippen molar-refractivity contribution in [2.75, 3.05) is 4.90 Å². The number of carbonyl (C=O) groups is 2. The number of carbonyl (C=O) groups excluding carboxylic acids is 2. The van der Waals surface area contributed by atoms with E-state index in [1.807, 2.05) is 25.1 Å². The van der Waals surface area contributed by atoms with Crippen molar-refractivity contribution in [2.45, 2.75) is 19.9 Å². The first-order chi connectivity index (χ1) is 15.3. The van der Waals surface area contributed by atoms with E-state index in [1.165, 1.54) is 16.2 Å². The zero-order valence-corrected chi connectivity index (χ0v) is 18.7. The van der Waals surface area contributed by atoms with Gasteiger partial charge >= 0.3 is 5.91 Å². The van der Waals surface area contributed by atoms with Crippen LogP contribution in [0.4, 0.5) is 5.13 Å². The molecular weight excluding hydrogens is 448 g/mol. The third kappa shape index (κ3) is 3.30. The van der Waals surface area contributed by atoms with Crippen LogP contribution in [-0.4, -0.2) is 21.8 Å². The normalized spacial score (nSPS) is 18.1. The van der Waals surface area contributed by atoms with Crippen molar-refractivity contribution in [3.63, 3.8) is 0 Å². The van der Waals surface area contributed by atoms with Crippen LogP contribution in [0, 0.1) is 13.8 Å². The maximum atomic E-state index is 13.2. The van der Waals surface area contributed by atoms with E-state index >= 15 is 0 Å². The van der Waals surface area contributed by atoms with Crippen molar-refractivity contribution in [1.82, 2.24) is 4.98 Å². The summed E-state index contributed by atoms with van der Waals surface area (Å²) in [5.41, 5.74) is 2.11. The molecule has 1 aliphatic rings. The van der Waals surface area contributed by atoms with E-state index in [1.54, 1.807) is 43.3 Å². The van der Waals surface area contributed by atoms with Gasteiger partial charge in [-0.05, 0) is 67.9 Å². The van der Waals surface area contributed by atoms with Crippen molar-refractivity contribution in [2.24, 2.45) is 0 Å². The summed E-state index contributed by atoms with van der Waals surface area (Å²) in [6, 6.07) is 14.7. The van der Waals surface area contributed by atoms with Gasteiger partial charge in [-0.3, -0.25) is 14.5 Å². The number of ketones is 1. The van der Waals surface area contributed by atoms with Crippen molar-refractivity contribution >= 4 is 55.7 Å². The fourth-order valence-corrected chi connectivity index (χ4v) is 5.00. The maximum Gasteiger partial charge on any atom is 0.302 e. The Balaban J connectivity index is 1.72. The fraction of sp³-hybridized carbons (Fsp3) is 0.125. The molecule has 1 aliphatic heterocycles. The van der Waals surface area contributed by atoms with Gasteiger partial charge in [-0.25, -0.2) is 4.98 Å². The molecule has 0 spiro atoms. The number of rotatable bonds is 3. The Kier molecular flexibility index (Phi) is 4.87. The second kappa shape index (κ2) is 7.62. The molecule has 160 valence electrons.